The van der Waals surface area contributed by atoms with Crippen LogP contribution in [-0.4, -0.2) is 42.8 Å². The first-order valence-electron chi connectivity index (χ1n) is 7.60. The topological polar surface area (TPSA) is 49.8 Å². The summed E-state index contributed by atoms with van der Waals surface area (Å²) >= 11 is 0. The summed E-state index contributed by atoms with van der Waals surface area (Å²) in [5.74, 6) is -0.294. The Morgan fingerprint density at radius 3 is 2.52 bits per heavy atom. The zero-order valence-electron chi connectivity index (χ0n) is 12.7. The van der Waals surface area contributed by atoms with Gasteiger partial charge in [-0.2, -0.15) is 0 Å². The molecule has 1 saturated carbocycles. The van der Waals surface area contributed by atoms with E-state index in [2.05, 4.69) is 11.9 Å². The van der Waals surface area contributed by atoms with Gasteiger partial charge < -0.3 is 9.84 Å². The van der Waals surface area contributed by atoms with E-state index in [4.69, 9.17) is 4.74 Å². The summed E-state index contributed by atoms with van der Waals surface area (Å²) in [6.07, 6.45) is 4.06. The summed E-state index contributed by atoms with van der Waals surface area (Å²) in [7, 11) is 3.55. The van der Waals surface area contributed by atoms with Crippen molar-refractivity contribution in [3.63, 3.8) is 0 Å². The number of ether oxygens (including phenoxy) is 1. The Kier molecular flexibility index (Phi) is 3.76. The zero-order chi connectivity index (χ0) is 15.0. The maximum atomic E-state index is 11.5. The molecule has 1 aromatic rings. The van der Waals surface area contributed by atoms with Crippen LogP contribution in [-0.2, 0) is 4.74 Å². The maximum absolute atomic E-state index is 11.5. The smallest absolute Gasteiger partial charge is 0.337 e. The van der Waals surface area contributed by atoms with Crippen LogP contribution in [0.15, 0.2) is 24.3 Å². The first-order chi connectivity index (χ1) is 10.0. The Labute approximate surface area is 125 Å². The number of hydrogen-bond acceptors (Lipinski definition) is 4. The second-order valence-electron chi connectivity index (χ2n) is 6.63. The molecule has 1 saturated heterocycles. The van der Waals surface area contributed by atoms with Gasteiger partial charge >= 0.3 is 5.97 Å². The number of hydrogen-bond donors (Lipinski definition) is 1. The van der Waals surface area contributed by atoms with Crippen LogP contribution in [0.25, 0.3) is 0 Å². The maximum Gasteiger partial charge on any atom is 0.337 e. The molecule has 4 nitrogen and oxygen atoms in total. The summed E-state index contributed by atoms with van der Waals surface area (Å²) in [6.45, 7) is 1.07. The van der Waals surface area contributed by atoms with Crippen molar-refractivity contribution in [2.45, 2.75) is 37.8 Å². The summed E-state index contributed by atoms with van der Waals surface area (Å²) in [5.41, 5.74) is 2.16. The summed E-state index contributed by atoms with van der Waals surface area (Å²) in [4.78, 5) is 13.9. The Bertz CT molecular complexity index is 519. The molecule has 1 spiro atoms. The minimum absolute atomic E-state index is 0.101. The molecule has 3 rings (SSSR count). The number of methoxy groups -OCH3 is 1. The molecule has 1 aliphatic heterocycles. The molecule has 4 heteroatoms. The van der Waals surface area contributed by atoms with Crippen molar-refractivity contribution >= 4 is 5.97 Å². The number of nitrogens with zero attached hydrogens (tertiary/aromatic N) is 1. The van der Waals surface area contributed by atoms with Crippen LogP contribution in [0.4, 0.5) is 0 Å². The molecular weight excluding hydrogens is 266 g/mol. The molecule has 2 aliphatic rings. The second-order valence-corrected chi connectivity index (χ2v) is 6.63. The van der Waals surface area contributed by atoms with E-state index < -0.39 is 0 Å². The number of carbonyl (C=O) groups is 1. The van der Waals surface area contributed by atoms with Gasteiger partial charge in [0, 0.05) is 6.04 Å². The molecule has 114 valence electrons. The Morgan fingerprint density at radius 1 is 1.29 bits per heavy atom. The second kappa shape index (κ2) is 5.43. The van der Waals surface area contributed by atoms with E-state index in [1.54, 1.807) is 0 Å². The summed E-state index contributed by atoms with van der Waals surface area (Å²) in [5, 5.41) is 9.65. The Morgan fingerprint density at radius 2 is 1.95 bits per heavy atom. The number of aliphatic hydroxyl groups excluding tert-OH is 1. The van der Waals surface area contributed by atoms with Crippen LogP contribution in [0.5, 0.6) is 0 Å². The molecule has 0 bridgehead atoms. The highest BCUT2D eigenvalue weighted by Crippen LogP contribution is 2.53. The van der Waals surface area contributed by atoms with Crippen molar-refractivity contribution in [1.82, 2.24) is 4.90 Å². The van der Waals surface area contributed by atoms with Crippen LogP contribution in [0.3, 0.4) is 0 Å². The van der Waals surface area contributed by atoms with Crippen LogP contribution < -0.4 is 0 Å². The lowest BCUT2D eigenvalue weighted by atomic mass is 9.59. The van der Waals surface area contributed by atoms with Crippen LogP contribution in [0.2, 0.25) is 0 Å². The van der Waals surface area contributed by atoms with Gasteiger partial charge in [-0.1, -0.05) is 12.1 Å². The zero-order valence-corrected chi connectivity index (χ0v) is 12.7. The molecule has 0 amide bonds. The number of aliphatic hydroxyl groups is 1. The van der Waals surface area contributed by atoms with Crippen molar-refractivity contribution in [1.29, 1.82) is 0 Å². The average Bonchev–Trinajstić information content (AvgIpc) is 2.47. The highest BCUT2D eigenvalue weighted by molar-refractivity contribution is 5.89. The van der Waals surface area contributed by atoms with E-state index in [1.807, 2.05) is 24.3 Å². The van der Waals surface area contributed by atoms with Gasteiger partial charge in [0.05, 0.1) is 18.8 Å². The molecule has 1 atom stereocenters. The van der Waals surface area contributed by atoms with Gasteiger partial charge in [0.15, 0.2) is 0 Å². The number of carbonyl (C=O) groups excluding carboxylic acids is 1. The molecule has 0 radical (unpaired) electrons. The number of likely N-dealkylation sites (tertiary alicyclic amines) is 1. The van der Waals surface area contributed by atoms with E-state index in [0.29, 0.717) is 17.0 Å². The minimum atomic E-state index is -0.294. The predicted molar refractivity (Wildman–Crippen MR) is 80.1 cm³/mol. The molecule has 2 fully saturated rings. The fraction of sp³-hybridized carbons (Fsp3) is 0.588. The highest BCUT2D eigenvalue weighted by atomic mass is 16.5. The fourth-order valence-electron chi connectivity index (χ4n) is 3.88. The van der Waals surface area contributed by atoms with Gasteiger partial charge in [0.2, 0.25) is 0 Å². The number of rotatable bonds is 2. The Balaban J connectivity index is 1.76. The molecule has 1 heterocycles. The average molecular weight is 289 g/mol. The lowest BCUT2D eigenvalue weighted by Gasteiger charge is -2.53. The van der Waals surface area contributed by atoms with Crippen LogP contribution in [0, 0.1) is 5.41 Å². The number of piperidine rings is 1. The third-order valence-corrected chi connectivity index (χ3v) is 5.21. The highest BCUT2D eigenvalue weighted by Gasteiger charge is 2.47. The number of benzene rings is 1. The molecule has 1 aliphatic carbocycles. The third kappa shape index (κ3) is 2.70. The first kappa shape index (κ1) is 14.5. The fourth-order valence-corrected chi connectivity index (χ4v) is 3.88. The summed E-state index contributed by atoms with van der Waals surface area (Å²) < 4.78 is 4.74. The SMILES string of the molecule is COC(=O)c1ccc(C2CC3(CCN2C)CC(O)C3)cc1. The van der Waals surface area contributed by atoms with Crippen LogP contribution >= 0.6 is 0 Å². The number of esters is 1. The van der Waals surface area contributed by atoms with Gasteiger partial charge in [0.25, 0.3) is 0 Å². The largest absolute Gasteiger partial charge is 0.465 e. The van der Waals surface area contributed by atoms with Gasteiger partial charge in [-0.15, -0.1) is 0 Å². The summed E-state index contributed by atoms with van der Waals surface area (Å²) in [6, 6.07) is 8.11. The van der Waals surface area contributed by atoms with Gasteiger partial charge in [-0.3, -0.25) is 4.90 Å². The van der Waals surface area contributed by atoms with Crippen molar-refractivity contribution < 1.29 is 14.6 Å². The van der Waals surface area contributed by atoms with E-state index in [-0.39, 0.29) is 12.1 Å². The lowest BCUT2D eigenvalue weighted by Crippen LogP contribution is -2.49. The third-order valence-electron chi connectivity index (χ3n) is 5.21. The lowest BCUT2D eigenvalue weighted by molar-refractivity contribution is -0.0812. The van der Waals surface area contributed by atoms with E-state index >= 15 is 0 Å². The first-order valence-corrected chi connectivity index (χ1v) is 7.60. The van der Waals surface area contributed by atoms with Gasteiger partial charge in [-0.25, -0.2) is 4.79 Å². The van der Waals surface area contributed by atoms with Gasteiger partial charge in [-0.05, 0) is 62.4 Å². The molecular formula is C17H23NO3. The molecule has 1 unspecified atom stereocenters. The van der Waals surface area contributed by atoms with E-state index in [9.17, 15) is 9.90 Å². The quantitative estimate of drug-likeness (QED) is 0.849. The van der Waals surface area contributed by atoms with Crippen molar-refractivity contribution in [3.05, 3.63) is 35.4 Å². The Hall–Kier alpha value is -1.39. The predicted octanol–water partition coefficient (Wildman–Crippen LogP) is 2.38. The molecule has 1 N–H and O–H groups in total. The van der Waals surface area contributed by atoms with Crippen molar-refractivity contribution in [2.24, 2.45) is 5.41 Å². The molecule has 1 aromatic carbocycles. The van der Waals surface area contributed by atoms with E-state index in [0.717, 1.165) is 25.8 Å². The monoisotopic (exact) mass is 289 g/mol. The van der Waals surface area contributed by atoms with Crippen molar-refractivity contribution in [3.8, 4) is 0 Å². The molecule has 21 heavy (non-hydrogen) atoms. The molecule has 0 aromatic heterocycles. The minimum Gasteiger partial charge on any atom is -0.465 e. The van der Waals surface area contributed by atoms with E-state index in [1.165, 1.54) is 19.1 Å². The van der Waals surface area contributed by atoms with Gasteiger partial charge in [0.1, 0.15) is 0 Å². The standard InChI is InChI=1S/C17H23NO3/c1-18-8-7-17(9-14(19)10-17)11-15(18)12-3-5-13(6-4-12)16(20)21-2/h3-6,14-15,19H,7-11H2,1-2H3. The normalized spacial score (nSPS) is 32.7. The van der Waals surface area contributed by atoms with Crippen LogP contribution in [0.1, 0.15) is 47.6 Å². The van der Waals surface area contributed by atoms with Crippen molar-refractivity contribution in [2.75, 3.05) is 20.7 Å².